The van der Waals surface area contributed by atoms with Gasteiger partial charge in [-0.3, -0.25) is 9.52 Å². The van der Waals surface area contributed by atoms with Crippen LogP contribution in [0, 0.1) is 0 Å². The number of ether oxygens (including phenoxy) is 1. The Morgan fingerprint density at radius 2 is 2.00 bits per heavy atom. The summed E-state index contributed by atoms with van der Waals surface area (Å²) in [7, 11) is -3.80. The molecule has 0 saturated carbocycles. The number of esters is 1. The number of thiophene rings is 1. The predicted molar refractivity (Wildman–Crippen MR) is 111 cm³/mol. The second-order valence-corrected chi connectivity index (χ2v) is 9.66. The maximum absolute atomic E-state index is 12.6. The molecule has 1 unspecified atom stereocenters. The molecular weight excluding hydrogens is 412 g/mol. The van der Waals surface area contributed by atoms with E-state index in [1.165, 1.54) is 18.2 Å². The zero-order chi connectivity index (χ0) is 20.9. The minimum absolute atomic E-state index is 0.0612. The largest absolute Gasteiger partial charge is 0.452 e. The Bertz CT molecular complexity index is 957. The molecule has 1 aromatic carbocycles. The number of hydrogen-bond acceptors (Lipinski definition) is 6. The van der Waals surface area contributed by atoms with Crippen molar-refractivity contribution in [2.75, 3.05) is 17.9 Å². The van der Waals surface area contributed by atoms with Crippen molar-refractivity contribution in [2.24, 2.45) is 0 Å². The normalized spacial score (nSPS) is 17.0. The molecule has 156 valence electrons. The van der Waals surface area contributed by atoms with Crippen molar-refractivity contribution in [2.45, 2.75) is 42.9 Å². The standard InChI is InChI=1S/C20H24N2O5S2/c1-2-15-8-5-6-12-22(15)18(23)14-27-20(24)16-9-3-4-10-17(16)21-29(25,26)19-11-7-13-28-19/h3-4,7,9-11,13,15,21H,2,5-6,8,12,14H2,1H3. The van der Waals surface area contributed by atoms with Gasteiger partial charge in [-0.25, -0.2) is 13.2 Å². The van der Waals surface area contributed by atoms with Gasteiger partial charge in [0.15, 0.2) is 6.61 Å². The first-order chi connectivity index (χ1) is 13.9. The topological polar surface area (TPSA) is 92.8 Å². The molecule has 2 heterocycles. The Kier molecular flexibility index (Phi) is 6.92. The summed E-state index contributed by atoms with van der Waals surface area (Å²) in [4.78, 5) is 26.8. The van der Waals surface area contributed by atoms with Gasteiger partial charge in [0.1, 0.15) is 4.21 Å². The molecule has 1 aliphatic heterocycles. The summed E-state index contributed by atoms with van der Waals surface area (Å²) < 4.78 is 32.7. The van der Waals surface area contributed by atoms with Gasteiger partial charge in [0.25, 0.3) is 15.9 Å². The van der Waals surface area contributed by atoms with Crippen LogP contribution in [0.1, 0.15) is 43.0 Å². The lowest BCUT2D eigenvalue weighted by molar-refractivity contribution is -0.138. The number of hydrogen-bond donors (Lipinski definition) is 1. The van der Waals surface area contributed by atoms with Gasteiger partial charge >= 0.3 is 5.97 Å². The molecule has 1 amide bonds. The number of piperidine rings is 1. The zero-order valence-electron chi connectivity index (χ0n) is 16.2. The van der Waals surface area contributed by atoms with Gasteiger partial charge < -0.3 is 9.64 Å². The average molecular weight is 437 g/mol. The molecule has 0 aliphatic carbocycles. The van der Waals surface area contributed by atoms with E-state index in [0.717, 1.165) is 37.0 Å². The van der Waals surface area contributed by atoms with Gasteiger partial charge in [0.05, 0.1) is 11.3 Å². The van der Waals surface area contributed by atoms with Crippen molar-refractivity contribution in [3.05, 3.63) is 47.3 Å². The van der Waals surface area contributed by atoms with Crippen molar-refractivity contribution in [1.82, 2.24) is 4.90 Å². The minimum atomic E-state index is -3.80. The van der Waals surface area contributed by atoms with E-state index in [1.54, 1.807) is 28.5 Å². The van der Waals surface area contributed by atoms with E-state index >= 15 is 0 Å². The van der Waals surface area contributed by atoms with E-state index < -0.39 is 16.0 Å². The molecule has 0 bridgehead atoms. The van der Waals surface area contributed by atoms with Crippen molar-refractivity contribution < 1.29 is 22.7 Å². The molecule has 7 nitrogen and oxygen atoms in total. The zero-order valence-corrected chi connectivity index (χ0v) is 17.8. The number of nitrogens with one attached hydrogen (secondary N) is 1. The second kappa shape index (κ2) is 9.41. The van der Waals surface area contributed by atoms with Crippen LogP contribution < -0.4 is 4.72 Å². The average Bonchev–Trinajstić information content (AvgIpc) is 3.28. The van der Waals surface area contributed by atoms with Gasteiger partial charge in [0.2, 0.25) is 0 Å². The van der Waals surface area contributed by atoms with E-state index in [4.69, 9.17) is 4.74 Å². The Labute approximate surface area is 174 Å². The monoisotopic (exact) mass is 436 g/mol. The highest BCUT2D eigenvalue weighted by Crippen LogP contribution is 2.24. The lowest BCUT2D eigenvalue weighted by Crippen LogP contribution is -2.45. The minimum Gasteiger partial charge on any atom is -0.452 e. The first kappa shape index (κ1) is 21.3. The molecule has 1 aromatic heterocycles. The first-order valence-corrected chi connectivity index (χ1v) is 11.9. The molecule has 9 heteroatoms. The molecule has 29 heavy (non-hydrogen) atoms. The van der Waals surface area contributed by atoms with Gasteiger partial charge in [-0.15, -0.1) is 11.3 Å². The van der Waals surface area contributed by atoms with Crippen LogP contribution in [0.3, 0.4) is 0 Å². The van der Waals surface area contributed by atoms with Crippen molar-refractivity contribution in [1.29, 1.82) is 0 Å². The van der Waals surface area contributed by atoms with Crippen LogP contribution in [0.2, 0.25) is 0 Å². The quantitative estimate of drug-likeness (QED) is 0.671. The SMILES string of the molecule is CCC1CCCCN1C(=O)COC(=O)c1ccccc1NS(=O)(=O)c1cccs1. The smallest absolute Gasteiger partial charge is 0.340 e. The number of carbonyl (C=O) groups excluding carboxylic acids is 2. The molecule has 1 N–H and O–H groups in total. The van der Waals surface area contributed by atoms with E-state index in [0.29, 0.717) is 6.54 Å². The Morgan fingerprint density at radius 3 is 2.72 bits per heavy atom. The number of likely N-dealkylation sites (tertiary alicyclic amines) is 1. The molecule has 0 radical (unpaired) electrons. The van der Waals surface area contributed by atoms with Crippen LogP contribution in [0.4, 0.5) is 5.69 Å². The Hall–Kier alpha value is -2.39. The van der Waals surface area contributed by atoms with Gasteiger partial charge in [-0.05, 0) is 49.3 Å². The Morgan fingerprint density at radius 1 is 1.21 bits per heavy atom. The second-order valence-electron chi connectivity index (χ2n) is 6.80. The van der Waals surface area contributed by atoms with Crippen LogP contribution in [0.15, 0.2) is 46.0 Å². The van der Waals surface area contributed by atoms with E-state index in [-0.39, 0.29) is 34.0 Å². The van der Waals surface area contributed by atoms with Gasteiger partial charge in [-0.1, -0.05) is 25.1 Å². The van der Waals surface area contributed by atoms with Crippen LogP contribution in [-0.2, 0) is 19.6 Å². The molecule has 2 aromatic rings. The number of para-hydroxylation sites is 1. The molecule has 0 spiro atoms. The maximum atomic E-state index is 12.6. The van der Waals surface area contributed by atoms with E-state index in [9.17, 15) is 18.0 Å². The summed E-state index contributed by atoms with van der Waals surface area (Å²) in [5.41, 5.74) is 0.175. The third-order valence-electron chi connectivity index (χ3n) is 4.90. The predicted octanol–water partition coefficient (Wildman–Crippen LogP) is 3.50. The summed E-state index contributed by atoms with van der Waals surface area (Å²) in [6.45, 7) is 2.35. The fourth-order valence-electron chi connectivity index (χ4n) is 3.40. The lowest BCUT2D eigenvalue weighted by Gasteiger charge is -2.35. The first-order valence-electron chi connectivity index (χ1n) is 9.54. The third kappa shape index (κ3) is 5.16. The maximum Gasteiger partial charge on any atom is 0.340 e. The summed E-state index contributed by atoms with van der Waals surface area (Å²) >= 11 is 1.08. The number of nitrogens with zero attached hydrogens (tertiary/aromatic N) is 1. The molecule has 3 rings (SSSR count). The number of benzene rings is 1. The van der Waals surface area contributed by atoms with Crippen molar-refractivity contribution in [3.63, 3.8) is 0 Å². The molecule has 1 atom stereocenters. The third-order valence-corrected chi connectivity index (χ3v) is 7.66. The fraction of sp³-hybridized carbons (Fsp3) is 0.400. The highest BCUT2D eigenvalue weighted by atomic mass is 32.2. The number of sulfonamides is 1. The number of amides is 1. The number of rotatable bonds is 7. The van der Waals surface area contributed by atoms with Crippen LogP contribution in [0.5, 0.6) is 0 Å². The summed E-state index contributed by atoms with van der Waals surface area (Å²) in [6, 6.07) is 9.48. The van der Waals surface area contributed by atoms with Crippen LogP contribution in [-0.4, -0.2) is 44.4 Å². The Balaban J connectivity index is 1.68. The van der Waals surface area contributed by atoms with Crippen LogP contribution >= 0.6 is 11.3 Å². The molecule has 1 aliphatic rings. The number of anilines is 1. The summed E-state index contributed by atoms with van der Waals surface area (Å²) in [6.07, 6.45) is 3.87. The van der Waals surface area contributed by atoms with E-state index in [2.05, 4.69) is 4.72 Å². The molecular formula is C20H24N2O5S2. The molecule has 1 fully saturated rings. The van der Waals surface area contributed by atoms with Gasteiger partial charge in [-0.2, -0.15) is 0 Å². The van der Waals surface area contributed by atoms with Crippen LogP contribution in [0.25, 0.3) is 0 Å². The fourth-order valence-corrected chi connectivity index (χ4v) is 5.48. The number of carbonyl (C=O) groups is 2. The summed E-state index contributed by atoms with van der Waals surface area (Å²) in [5, 5.41) is 1.66. The van der Waals surface area contributed by atoms with Gasteiger partial charge in [0, 0.05) is 12.6 Å². The highest BCUT2D eigenvalue weighted by Gasteiger charge is 2.26. The van der Waals surface area contributed by atoms with Crippen molar-refractivity contribution >= 4 is 38.9 Å². The van der Waals surface area contributed by atoms with E-state index in [1.807, 2.05) is 6.92 Å². The molecule has 1 saturated heterocycles. The highest BCUT2D eigenvalue weighted by molar-refractivity contribution is 7.94. The lowest BCUT2D eigenvalue weighted by atomic mass is 10.00. The summed E-state index contributed by atoms with van der Waals surface area (Å²) in [5.74, 6) is -0.963. The van der Waals surface area contributed by atoms with Crippen molar-refractivity contribution in [3.8, 4) is 0 Å².